The SMILES string of the molecule is O=C1c2ccccc2NC2(C(=O)Nc3ccc(Cl)cc32)N1c1ccc(Cl)cc1. The number of rotatable bonds is 1. The average Bonchev–Trinajstić information content (AvgIpc) is 2.95. The lowest BCUT2D eigenvalue weighted by Crippen LogP contribution is -2.61. The standard InChI is InChI=1S/C21H13Cl2N3O2/c22-12-5-8-14(9-6-12)26-19(27)15-3-1-2-4-17(15)25-21(26)16-11-13(23)7-10-18(16)24-20(21)28/h1-11,25H,(H,24,28). The zero-order valence-electron chi connectivity index (χ0n) is 14.4. The fourth-order valence-corrected chi connectivity index (χ4v) is 4.11. The molecule has 0 aliphatic carbocycles. The molecule has 2 aliphatic heterocycles. The highest BCUT2D eigenvalue weighted by molar-refractivity contribution is 6.31. The molecule has 0 aromatic heterocycles. The van der Waals surface area contributed by atoms with Crippen molar-refractivity contribution in [1.82, 2.24) is 0 Å². The normalized spacial score (nSPS) is 19.9. The third-order valence-corrected chi connectivity index (χ3v) is 5.53. The molecule has 7 heteroatoms. The lowest BCUT2D eigenvalue weighted by molar-refractivity contribution is -0.119. The summed E-state index contributed by atoms with van der Waals surface area (Å²) in [5, 5.41) is 7.18. The molecule has 0 bridgehead atoms. The number of para-hydroxylation sites is 1. The number of carbonyl (C=O) groups excluding carboxylic acids is 2. The van der Waals surface area contributed by atoms with Gasteiger partial charge < -0.3 is 10.6 Å². The molecular weight excluding hydrogens is 397 g/mol. The van der Waals surface area contributed by atoms with Crippen LogP contribution in [0.5, 0.6) is 0 Å². The van der Waals surface area contributed by atoms with Crippen LogP contribution >= 0.6 is 23.2 Å². The number of carbonyl (C=O) groups is 2. The van der Waals surface area contributed by atoms with Crippen LogP contribution in [0.3, 0.4) is 0 Å². The Hall–Kier alpha value is -3.02. The largest absolute Gasteiger partial charge is 0.350 e. The zero-order chi connectivity index (χ0) is 19.5. The molecular formula is C21H13Cl2N3O2. The molecule has 0 fully saturated rings. The predicted molar refractivity (Wildman–Crippen MR) is 110 cm³/mol. The molecule has 5 rings (SSSR count). The second-order valence-electron chi connectivity index (χ2n) is 6.64. The van der Waals surface area contributed by atoms with Gasteiger partial charge in [-0.3, -0.25) is 14.5 Å². The molecule has 3 aromatic rings. The fourth-order valence-electron chi connectivity index (χ4n) is 3.81. The molecule has 1 spiro atoms. The summed E-state index contributed by atoms with van der Waals surface area (Å²) in [6.07, 6.45) is 0. The molecule has 2 amide bonds. The Kier molecular flexibility index (Phi) is 3.66. The van der Waals surface area contributed by atoms with Gasteiger partial charge in [0.1, 0.15) is 0 Å². The summed E-state index contributed by atoms with van der Waals surface area (Å²) in [6, 6.07) is 19.0. The van der Waals surface area contributed by atoms with E-state index in [0.29, 0.717) is 38.2 Å². The molecule has 2 heterocycles. The number of amides is 2. The number of anilines is 3. The predicted octanol–water partition coefficient (Wildman–Crippen LogP) is 4.87. The minimum Gasteiger partial charge on any atom is -0.350 e. The summed E-state index contributed by atoms with van der Waals surface area (Å²) in [4.78, 5) is 28.3. The van der Waals surface area contributed by atoms with Crippen LogP contribution in [-0.4, -0.2) is 11.8 Å². The minimum absolute atomic E-state index is 0.292. The van der Waals surface area contributed by atoms with E-state index in [0.717, 1.165) is 0 Å². The monoisotopic (exact) mass is 409 g/mol. The highest BCUT2D eigenvalue weighted by Gasteiger charge is 2.57. The first-order valence-electron chi connectivity index (χ1n) is 8.59. The van der Waals surface area contributed by atoms with Gasteiger partial charge in [0.15, 0.2) is 0 Å². The van der Waals surface area contributed by atoms with E-state index in [1.54, 1.807) is 60.7 Å². The van der Waals surface area contributed by atoms with E-state index in [9.17, 15) is 9.59 Å². The Bertz CT molecular complexity index is 1150. The summed E-state index contributed by atoms with van der Waals surface area (Å²) < 4.78 is 0. The lowest BCUT2D eigenvalue weighted by atomic mass is 9.92. The van der Waals surface area contributed by atoms with Gasteiger partial charge in [0.2, 0.25) is 5.66 Å². The summed E-state index contributed by atoms with van der Waals surface area (Å²) in [5.41, 5.74) is 1.33. The molecule has 0 radical (unpaired) electrons. The number of hydrogen-bond acceptors (Lipinski definition) is 3. The van der Waals surface area contributed by atoms with Crippen molar-refractivity contribution in [1.29, 1.82) is 0 Å². The summed E-state index contributed by atoms with van der Waals surface area (Å²) in [6.45, 7) is 0. The summed E-state index contributed by atoms with van der Waals surface area (Å²) >= 11 is 12.3. The van der Waals surface area contributed by atoms with E-state index in [1.807, 2.05) is 6.07 Å². The van der Waals surface area contributed by atoms with E-state index in [4.69, 9.17) is 23.2 Å². The molecule has 3 aromatic carbocycles. The zero-order valence-corrected chi connectivity index (χ0v) is 15.9. The van der Waals surface area contributed by atoms with Crippen molar-refractivity contribution in [2.24, 2.45) is 0 Å². The number of hydrogen-bond donors (Lipinski definition) is 2. The van der Waals surface area contributed by atoms with Gasteiger partial charge >= 0.3 is 0 Å². The topological polar surface area (TPSA) is 61.4 Å². The van der Waals surface area contributed by atoms with Crippen LogP contribution in [0.4, 0.5) is 17.1 Å². The van der Waals surface area contributed by atoms with Gasteiger partial charge in [-0.2, -0.15) is 0 Å². The van der Waals surface area contributed by atoms with Crippen LogP contribution in [0.2, 0.25) is 10.0 Å². The van der Waals surface area contributed by atoms with Crippen molar-refractivity contribution < 1.29 is 9.59 Å². The number of nitrogens with zero attached hydrogens (tertiary/aromatic N) is 1. The molecule has 0 saturated heterocycles. The first-order valence-corrected chi connectivity index (χ1v) is 9.35. The minimum atomic E-state index is -1.46. The van der Waals surface area contributed by atoms with Crippen LogP contribution in [0, 0.1) is 0 Å². The Morgan fingerprint density at radius 2 is 1.54 bits per heavy atom. The van der Waals surface area contributed by atoms with Gasteiger partial charge in [0.25, 0.3) is 11.8 Å². The van der Waals surface area contributed by atoms with E-state index in [-0.39, 0.29) is 11.8 Å². The first-order chi connectivity index (χ1) is 13.5. The van der Waals surface area contributed by atoms with Crippen LogP contribution in [0.15, 0.2) is 66.7 Å². The van der Waals surface area contributed by atoms with E-state index in [1.165, 1.54) is 4.90 Å². The Morgan fingerprint density at radius 1 is 0.821 bits per heavy atom. The average molecular weight is 410 g/mol. The molecule has 0 saturated carbocycles. The second-order valence-corrected chi connectivity index (χ2v) is 7.51. The second kappa shape index (κ2) is 5.99. The van der Waals surface area contributed by atoms with Crippen LogP contribution in [0.25, 0.3) is 0 Å². The molecule has 2 aliphatic rings. The summed E-state index contributed by atoms with van der Waals surface area (Å²) in [7, 11) is 0. The van der Waals surface area contributed by atoms with Crippen molar-refractivity contribution in [3.05, 3.63) is 87.9 Å². The summed E-state index contributed by atoms with van der Waals surface area (Å²) in [5.74, 6) is -0.651. The Balaban J connectivity index is 1.82. The first kappa shape index (κ1) is 17.1. The van der Waals surface area contributed by atoms with Crippen LogP contribution < -0.4 is 15.5 Å². The Morgan fingerprint density at radius 3 is 2.32 bits per heavy atom. The molecule has 28 heavy (non-hydrogen) atoms. The van der Waals surface area contributed by atoms with Gasteiger partial charge in [-0.1, -0.05) is 35.3 Å². The highest BCUT2D eigenvalue weighted by Crippen LogP contribution is 2.47. The van der Waals surface area contributed by atoms with Crippen molar-refractivity contribution in [3.8, 4) is 0 Å². The molecule has 1 atom stereocenters. The van der Waals surface area contributed by atoms with Crippen LogP contribution in [-0.2, 0) is 10.5 Å². The maximum Gasteiger partial charge on any atom is 0.276 e. The third-order valence-electron chi connectivity index (χ3n) is 5.04. The lowest BCUT2D eigenvalue weighted by Gasteiger charge is -2.44. The number of benzene rings is 3. The van der Waals surface area contributed by atoms with Gasteiger partial charge in [-0.05, 0) is 54.6 Å². The van der Waals surface area contributed by atoms with Crippen molar-refractivity contribution in [2.45, 2.75) is 5.66 Å². The van der Waals surface area contributed by atoms with E-state index in [2.05, 4.69) is 10.6 Å². The maximum atomic E-state index is 13.5. The highest BCUT2D eigenvalue weighted by atomic mass is 35.5. The fraction of sp³-hybridized carbons (Fsp3) is 0.0476. The van der Waals surface area contributed by atoms with Crippen molar-refractivity contribution in [3.63, 3.8) is 0 Å². The number of halogens is 2. The number of nitrogens with one attached hydrogen (secondary N) is 2. The van der Waals surface area contributed by atoms with Gasteiger partial charge in [-0.15, -0.1) is 0 Å². The van der Waals surface area contributed by atoms with Crippen LogP contribution in [0.1, 0.15) is 15.9 Å². The van der Waals surface area contributed by atoms with E-state index < -0.39 is 5.66 Å². The van der Waals surface area contributed by atoms with Gasteiger partial charge in [0, 0.05) is 32.7 Å². The molecule has 138 valence electrons. The third kappa shape index (κ3) is 2.27. The molecule has 1 unspecified atom stereocenters. The Labute approximate surface area is 170 Å². The number of fused-ring (bicyclic) bond motifs is 3. The maximum absolute atomic E-state index is 13.5. The molecule has 2 N–H and O–H groups in total. The van der Waals surface area contributed by atoms with Crippen molar-refractivity contribution >= 4 is 52.1 Å². The smallest absolute Gasteiger partial charge is 0.276 e. The van der Waals surface area contributed by atoms with Gasteiger partial charge in [-0.25, -0.2) is 0 Å². The quantitative estimate of drug-likeness (QED) is 0.602. The van der Waals surface area contributed by atoms with Crippen molar-refractivity contribution in [2.75, 3.05) is 15.5 Å². The van der Waals surface area contributed by atoms with Gasteiger partial charge in [0.05, 0.1) is 5.56 Å². The molecule has 5 nitrogen and oxygen atoms in total. The van der Waals surface area contributed by atoms with E-state index >= 15 is 0 Å².